The Hall–Kier alpha value is -3.52. The van der Waals surface area contributed by atoms with Crippen LogP contribution in [0.1, 0.15) is 0 Å². The highest BCUT2D eigenvalue weighted by Gasteiger charge is 2.16. The first kappa shape index (κ1) is 19.8. The molecule has 0 saturated carbocycles. The summed E-state index contributed by atoms with van der Waals surface area (Å²) in [5, 5.41) is 10.6. The number of carbonyl (C=O) groups is 1. The van der Waals surface area contributed by atoms with E-state index in [1.54, 1.807) is 30.3 Å². The second-order valence-electron chi connectivity index (χ2n) is 6.24. The molecule has 150 valence electrons. The van der Waals surface area contributed by atoms with Gasteiger partial charge in [0, 0.05) is 10.0 Å². The zero-order valence-electron chi connectivity index (χ0n) is 15.5. The normalized spacial score (nSPS) is 10.6. The molecule has 4 rings (SSSR count). The summed E-state index contributed by atoms with van der Waals surface area (Å²) in [7, 11) is 0. The van der Waals surface area contributed by atoms with E-state index >= 15 is 0 Å². The monoisotopic (exact) mass is 467 g/mol. The number of benzene rings is 3. The van der Waals surface area contributed by atoms with Crippen LogP contribution in [-0.2, 0) is 4.79 Å². The van der Waals surface area contributed by atoms with Crippen LogP contribution in [0.5, 0.6) is 5.75 Å². The molecular weight excluding hydrogens is 453 g/mol. The Morgan fingerprint density at radius 3 is 2.53 bits per heavy atom. The maximum atomic E-state index is 13.9. The summed E-state index contributed by atoms with van der Waals surface area (Å²) in [5.74, 6) is -0.00109. The highest BCUT2D eigenvalue weighted by atomic mass is 79.9. The number of nitrogens with zero attached hydrogens (tertiary/aromatic N) is 2. The number of halogens is 2. The second-order valence-corrected chi connectivity index (χ2v) is 7.15. The van der Waals surface area contributed by atoms with E-state index in [1.807, 2.05) is 30.3 Å². The molecule has 0 aliphatic heterocycles. The van der Waals surface area contributed by atoms with Gasteiger partial charge in [0.15, 0.2) is 6.61 Å². The van der Waals surface area contributed by atoms with E-state index < -0.39 is 11.7 Å². The standard InChI is InChI=1S/C22H15BrFN3O3/c23-15-10-11-18(17(24)12-15)25-20(28)13-29-19-9-5-4-8-16(19)22-27-26-21(30-22)14-6-2-1-3-7-14/h1-12H,13H2,(H,25,28). The van der Waals surface area contributed by atoms with Gasteiger partial charge in [-0.05, 0) is 42.5 Å². The molecule has 6 nitrogen and oxygen atoms in total. The summed E-state index contributed by atoms with van der Waals surface area (Å²) in [6.07, 6.45) is 0. The minimum absolute atomic E-state index is 0.0736. The van der Waals surface area contributed by atoms with E-state index in [4.69, 9.17) is 9.15 Å². The van der Waals surface area contributed by atoms with Gasteiger partial charge in [0.2, 0.25) is 5.89 Å². The highest BCUT2D eigenvalue weighted by Crippen LogP contribution is 2.31. The molecule has 1 amide bonds. The molecule has 0 fully saturated rings. The molecule has 0 saturated heterocycles. The van der Waals surface area contributed by atoms with Crippen LogP contribution in [0.25, 0.3) is 22.9 Å². The van der Waals surface area contributed by atoms with Crippen LogP contribution in [0.3, 0.4) is 0 Å². The van der Waals surface area contributed by atoms with Gasteiger partial charge in [-0.15, -0.1) is 10.2 Å². The largest absolute Gasteiger partial charge is 0.483 e. The molecule has 0 atom stereocenters. The fraction of sp³-hybridized carbons (Fsp3) is 0.0455. The number of rotatable bonds is 6. The first-order chi connectivity index (χ1) is 14.6. The summed E-state index contributed by atoms with van der Waals surface area (Å²) in [4.78, 5) is 12.2. The van der Waals surface area contributed by atoms with Gasteiger partial charge in [-0.3, -0.25) is 4.79 Å². The molecule has 1 N–H and O–H groups in total. The second kappa shape index (κ2) is 8.87. The number of para-hydroxylation sites is 1. The number of hydrogen-bond donors (Lipinski definition) is 1. The Labute approximate surface area is 179 Å². The number of nitrogens with one attached hydrogen (secondary N) is 1. The average Bonchev–Trinajstić information content (AvgIpc) is 3.25. The molecule has 0 aliphatic carbocycles. The van der Waals surface area contributed by atoms with Crippen LogP contribution >= 0.6 is 15.9 Å². The zero-order valence-corrected chi connectivity index (χ0v) is 17.1. The fourth-order valence-corrected chi connectivity index (χ4v) is 3.05. The van der Waals surface area contributed by atoms with E-state index in [2.05, 4.69) is 31.4 Å². The van der Waals surface area contributed by atoms with Gasteiger partial charge < -0.3 is 14.5 Å². The van der Waals surface area contributed by atoms with Gasteiger partial charge in [0.05, 0.1) is 11.3 Å². The lowest BCUT2D eigenvalue weighted by molar-refractivity contribution is -0.118. The van der Waals surface area contributed by atoms with Crippen molar-refractivity contribution in [3.63, 3.8) is 0 Å². The summed E-state index contributed by atoms with van der Waals surface area (Å²) < 4.78 is 25.9. The molecule has 1 aromatic heterocycles. The first-order valence-electron chi connectivity index (χ1n) is 8.96. The molecule has 0 unspecified atom stereocenters. The zero-order chi connectivity index (χ0) is 20.9. The Balaban J connectivity index is 1.47. The lowest BCUT2D eigenvalue weighted by Crippen LogP contribution is -2.21. The number of amides is 1. The molecule has 3 aromatic carbocycles. The molecule has 0 spiro atoms. The van der Waals surface area contributed by atoms with Crippen molar-refractivity contribution in [1.82, 2.24) is 10.2 Å². The van der Waals surface area contributed by atoms with Crippen molar-refractivity contribution in [1.29, 1.82) is 0 Å². The number of carbonyl (C=O) groups excluding carboxylic acids is 1. The van der Waals surface area contributed by atoms with Crippen molar-refractivity contribution < 1.29 is 18.3 Å². The summed E-state index contributed by atoms with van der Waals surface area (Å²) in [6.45, 7) is -0.313. The fourth-order valence-electron chi connectivity index (χ4n) is 2.72. The molecule has 0 bridgehead atoms. The predicted molar refractivity (Wildman–Crippen MR) is 113 cm³/mol. The molecule has 4 aromatic rings. The molecule has 8 heteroatoms. The number of aromatic nitrogens is 2. The van der Waals surface area contributed by atoms with Gasteiger partial charge in [-0.25, -0.2) is 4.39 Å². The molecule has 1 heterocycles. The average molecular weight is 468 g/mol. The maximum absolute atomic E-state index is 13.9. The van der Waals surface area contributed by atoms with Crippen molar-refractivity contribution in [2.24, 2.45) is 0 Å². The molecule has 0 radical (unpaired) electrons. The smallest absolute Gasteiger partial charge is 0.262 e. The number of anilines is 1. The Kier molecular flexibility index (Phi) is 5.85. The Morgan fingerprint density at radius 2 is 1.73 bits per heavy atom. The maximum Gasteiger partial charge on any atom is 0.262 e. The van der Waals surface area contributed by atoms with Crippen LogP contribution in [0.4, 0.5) is 10.1 Å². The van der Waals surface area contributed by atoms with Crippen LogP contribution in [0.2, 0.25) is 0 Å². The van der Waals surface area contributed by atoms with Crippen molar-refractivity contribution >= 4 is 27.5 Å². The Bertz CT molecular complexity index is 1180. The third-order valence-corrected chi connectivity index (χ3v) is 4.62. The van der Waals surface area contributed by atoms with Crippen molar-refractivity contribution in [3.8, 4) is 28.7 Å². The first-order valence-corrected chi connectivity index (χ1v) is 9.75. The van der Waals surface area contributed by atoms with Gasteiger partial charge >= 0.3 is 0 Å². The van der Waals surface area contributed by atoms with Crippen molar-refractivity contribution in [3.05, 3.63) is 83.1 Å². The minimum Gasteiger partial charge on any atom is -0.483 e. The van der Waals surface area contributed by atoms with Crippen LogP contribution < -0.4 is 10.1 Å². The van der Waals surface area contributed by atoms with E-state index in [0.29, 0.717) is 21.7 Å². The van der Waals surface area contributed by atoms with Crippen molar-refractivity contribution in [2.75, 3.05) is 11.9 Å². The third kappa shape index (κ3) is 4.55. The van der Waals surface area contributed by atoms with Gasteiger partial charge in [-0.1, -0.05) is 46.3 Å². The summed E-state index contributed by atoms with van der Waals surface area (Å²) >= 11 is 3.17. The number of ether oxygens (including phenoxy) is 1. The lowest BCUT2D eigenvalue weighted by Gasteiger charge is -2.10. The van der Waals surface area contributed by atoms with Gasteiger partial charge in [0.1, 0.15) is 11.6 Å². The lowest BCUT2D eigenvalue weighted by atomic mass is 10.2. The van der Waals surface area contributed by atoms with Crippen molar-refractivity contribution in [2.45, 2.75) is 0 Å². The van der Waals surface area contributed by atoms with E-state index in [-0.39, 0.29) is 18.2 Å². The van der Waals surface area contributed by atoms with Crippen LogP contribution in [0, 0.1) is 5.82 Å². The third-order valence-electron chi connectivity index (χ3n) is 4.13. The van der Waals surface area contributed by atoms with Crippen LogP contribution in [-0.4, -0.2) is 22.7 Å². The van der Waals surface area contributed by atoms with E-state index in [1.165, 1.54) is 12.1 Å². The topological polar surface area (TPSA) is 77.2 Å². The quantitative estimate of drug-likeness (QED) is 0.415. The summed E-state index contributed by atoms with van der Waals surface area (Å²) in [5.41, 5.74) is 1.42. The van der Waals surface area contributed by atoms with Gasteiger partial charge in [-0.2, -0.15) is 0 Å². The minimum atomic E-state index is -0.544. The Morgan fingerprint density at radius 1 is 1.00 bits per heavy atom. The molecular formula is C22H15BrFN3O3. The number of hydrogen-bond acceptors (Lipinski definition) is 5. The highest BCUT2D eigenvalue weighted by molar-refractivity contribution is 9.10. The SMILES string of the molecule is O=C(COc1ccccc1-c1nnc(-c2ccccc2)o1)Nc1ccc(Br)cc1F. The van der Waals surface area contributed by atoms with E-state index in [0.717, 1.165) is 5.56 Å². The van der Waals surface area contributed by atoms with Gasteiger partial charge in [0.25, 0.3) is 11.8 Å². The summed E-state index contributed by atoms with van der Waals surface area (Å²) in [6, 6.07) is 20.8. The van der Waals surface area contributed by atoms with Crippen LogP contribution in [0.15, 0.2) is 81.7 Å². The molecule has 30 heavy (non-hydrogen) atoms. The predicted octanol–water partition coefficient (Wildman–Crippen LogP) is 5.32. The molecule has 0 aliphatic rings. The van der Waals surface area contributed by atoms with E-state index in [9.17, 15) is 9.18 Å².